The summed E-state index contributed by atoms with van der Waals surface area (Å²) < 4.78 is 31.6. The number of hydrogen-bond acceptors (Lipinski definition) is 3. The van der Waals surface area contributed by atoms with E-state index in [-0.39, 0.29) is 23.3 Å². The number of aromatic carboxylic acids is 1. The van der Waals surface area contributed by atoms with Crippen molar-refractivity contribution in [1.29, 1.82) is 0 Å². The standard InChI is InChI=1S/C17H19F2NO3/c1-4-7-11(3)20-15(5-2)23-10-14-12(16(18)19)8-6-9-13(14)17(21)22/h4,6-9,16H,1,5,10H2,2-3H3,(H,21,22)/b11-7-,20-15+. The van der Waals surface area contributed by atoms with E-state index in [0.29, 0.717) is 18.0 Å². The van der Waals surface area contributed by atoms with Crippen LogP contribution in [0.25, 0.3) is 0 Å². The summed E-state index contributed by atoms with van der Waals surface area (Å²) in [4.78, 5) is 15.4. The first-order valence-corrected chi connectivity index (χ1v) is 7.03. The van der Waals surface area contributed by atoms with Crippen LogP contribution >= 0.6 is 0 Å². The van der Waals surface area contributed by atoms with E-state index in [1.54, 1.807) is 26.0 Å². The molecular weight excluding hydrogens is 304 g/mol. The molecule has 0 radical (unpaired) electrons. The zero-order valence-electron chi connectivity index (χ0n) is 13.1. The second-order valence-corrected chi connectivity index (χ2v) is 4.67. The number of allylic oxidation sites excluding steroid dienone is 3. The highest BCUT2D eigenvalue weighted by atomic mass is 19.3. The number of hydrogen-bond donors (Lipinski definition) is 1. The molecule has 0 aliphatic rings. The molecule has 4 nitrogen and oxygen atoms in total. The van der Waals surface area contributed by atoms with Gasteiger partial charge in [-0.05, 0) is 19.1 Å². The Balaban J connectivity index is 3.10. The number of halogens is 2. The third-order valence-electron chi connectivity index (χ3n) is 3.02. The van der Waals surface area contributed by atoms with Gasteiger partial charge >= 0.3 is 5.97 Å². The quantitative estimate of drug-likeness (QED) is 0.448. The molecule has 0 aliphatic heterocycles. The lowest BCUT2D eigenvalue weighted by Gasteiger charge is -2.14. The van der Waals surface area contributed by atoms with Gasteiger partial charge in [0.25, 0.3) is 6.43 Å². The number of benzene rings is 1. The SMILES string of the molecule is C=C/C=C(C)\N=C(/CC)OCc1c(C(=O)O)cccc1C(F)F. The molecule has 0 fully saturated rings. The van der Waals surface area contributed by atoms with Crippen LogP contribution in [0, 0.1) is 0 Å². The second kappa shape index (κ2) is 8.82. The van der Waals surface area contributed by atoms with Gasteiger partial charge in [-0.25, -0.2) is 18.6 Å². The van der Waals surface area contributed by atoms with E-state index in [0.717, 1.165) is 0 Å². The van der Waals surface area contributed by atoms with Gasteiger partial charge in [0, 0.05) is 23.2 Å². The molecule has 1 aromatic carbocycles. The van der Waals surface area contributed by atoms with Gasteiger partial charge in [-0.15, -0.1) is 0 Å². The Labute approximate surface area is 133 Å². The molecule has 0 spiro atoms. The number of carboxylic acids is 1. The molecule has 0 saturated carbocycles. The summed E-state index contributed by atoms with van der Waals surface area (Å²) in [6.07, 6.45) is 0.911. The summed E-state index contributed by atoms with van der Waals surface area (Å²) in [5, 5.41) is 9.16. The molecule has 1 N–H and O–H groups in total. The molecule has 0 aromatic heterocycles. The Morgan fingerprint density at radius 1 is 1.48 bits per heavy atom. The van der Waals surface area contributed by atoms with Crippen molar-refractivity contribution in [2.24, 2.45) is 4.99 Å². The van der Waals surface area contributed by atoms with Crippen LogP contribution in [0.1, 0.15) is 48.2 Å². The van der Waals surface area contributed by atoms with Crippen molar-refractivity contribution in [3.8, 4) is 0 Å². The maximum Gasteiger partial charge on any atom is 0.336 e. The molecule has 1 aromatic rings. The van der Waals surface area contributed by atoms with Gasteiger partial charge in [0.05, 0.1) is 5.56 Å². The van der Waals surface area contributed by atoms with Gasteiger partial charge in [-0.1, -0.05) is 31.7 Å². The van der Waals surface area contributed by atoms with Crippen LogP contribution in [-0.2, 0) is 11.3 Å². The maximum atomic E-state index is 13.1. The van der Waals surface area contributed by atoms with Gasteiger partial charge in [-0.3, -0.25) is 0 Å². The molecule has 1 rings (SSSR count). The highest BCUT2D eigenvalue weighted by Gasteiger charge is 2.20. The number of carbonyl (C=O) groups is 1. The first-order valence-electron chi connectivity index (χ1n) is 7.03. The molecule has 0 atom stereocenters. The lowest BCUT2D eigenvalue weighted by Crippen LogP contribution is -2.11. The fraction of sp³-hybridized carbons (Fsp3) is 0.294. The highest BCUT2D eigenvalue weighted by molar-refractivity contribution is 5.90. The monoisotopic (exact) mass is 323 g/mol. The van der Waals surface area contributed by atoms with Crippen molar-refractivity contribution < 1.29 is 23.4 Å². The van der Waals surface area contributed by atoms with E-state index in [2.05, 4.69) is 11.6 Å². The Hall–Kier alpha value is -2.50. The molecule has 0 amide bonds. The largest absolute Gasteiger partial charge is 0.478 e. The summed E-state index contributed by atoms with van der Waals surface area (Å²) in [6.45, 7) is 6.82. The van der Waals surface area contributed by atoms with E-state index in [4.69, 9.17) is 9.84 Å². The summed E-state index contributed by atoms with van der Waals surface area (Å²) in [5.41, 5.74) is 0.0641. The minimum atomic E-state index is -2.78. The summed E-state index contributed by atoms with van der Waals surface area (Å²) in [5.74, 6) is -0.940. The number of alkyl halides is 2. The zero-order chi connectivity index (χ0) is 17.4. The maximum absolute atomic E-state index is 13.1. The van der Waals surface area contributed by atoms with Crippen molar-refractivity contribution in [2.45, 2.75) is 33.3 Å². The van der Waals surface area contributed by atoms with Crippen molar-refractivity contribution in [2.75, 3.05) is 0 Å². The summed E-state index contributed by atoms with van der Waals surface area (Å²) in [6, 6.07) is 3.76. The summed E-state index contributed by atoms with van der Waals surface area (Å²) >= 11 is 0. The first-order chi connectivity index (χ1) is 10.9. The Kier molecular flexibility index (Phi) is 7.12. The van der Waals surface area contributed by atoms with Gasteiger partial charge in [0.15, 0.2) is 5.90 Å². The Morgan fingerprint density at radius 3 is 2.70 bits per heavy atom. The normalized spacial score (nSPS) is 12.4. The summed E-state index contributed by atoms with van der Waals surface area (Å²) in [7, 11) is 0. The molecule has 6 heteroatoms. The average molecular weight is 323 g/mol. The molecule has 23 heavy (non-hydrogen) atoms. The minimum Gasteiger partial charge on any atom is -0.478 e. The van der Waals surface area contributed by atoms with Gasteiger partial charge in [0.1, 0.15) is 6.61 Å². The van der Waals surface area contributed by atoms with E-state index in [9.17, 15) is 13.6 Å². The molecule has 0 saturated heterocycles. The number of nitrogens with zero attached hydrogens (tertiary/aromatic N) is 1. The van der Waals surface area contributed by atoms with Gasteiger partial charge in [-0.2, -0.15) is 0 Å². The molecule has 124 valence electrons. The van der Waals surface area contributed by atoms with Crippen LogP contribution in [0.5, 0.6) is 0 Å². The average Bonchev–Trinajstić information content (AvgIpc) is 2.50. The van der Waals surface area contributed by atoms with Crippen molar-refractivity contribution in [1.82, 2.24) is 0 Å². The topological polar surface area (TPSA) is 58.9 Å². The number of carboxylic acid groups (broad SMARTS) is 1. The lowest BCUT2D eigenvalue weighted by molar-refractivity contribution is 0.0692. The molecular formula is C17H19F2NO3. The molecule has 0 aliphatic carbocycles. The lowest BCUT2D eigenvalue weighted by atomic mass is 10.0. The second-order valence-electron chi connectivity index (χ2n) is 4.67. The number of rotatable bonds is 7. The third-order valence-corrected chi connectivity index (χ3v) is 3.02. The van der Waals surface area contributed by atoms with Crippen molar-refractivity contribution >= 4 is 11.9 Å². The third kappa shape index (κ3) is 5.32. The molecule has 0 unspecified atom stereocenters. The fourth-order valence-electron chi connectivity index (χ4n) is 1.94. The van der Waals surface area contributed by atoms with Gasteiger partial charge in [0.2, 0.25) is 0 Å². The zero-order valence-corrected chi connectivity index (χ0v) is 13.1. The minimum absolute atomic E-state index is 0.0403. The van der Waals surface area contributed by atoms with Crippen LogP contribution in [0.3, 0.4) is 0 Å². The van der Waals surface area contributed by atoms with Crippen LogP contribution in [-0.4, -0.2) is 17.0 Å². The van der Waals surface area contributed by atoms with E-state index in [1.807, 2.05) is 0 Å². The molecule has 0 heterocycles. The Morgan fingerprint density at radius 2 is 2.17 bits per heavy atom. The van der Waals surface area contributed by atoms with Crippen LogP contribution in [0.2, 0.25) is 0 Å². The van der Waals surface area contributed by atoms with Crippen LogP contribution < -0.4 is 0 Å². The predicted octanol–water partition coefficient (Wildman–Crippen LogP) is 4.74. The van der Waals surface area contributed by atoms with Crippen molar-refractivity contribution in [3.05, 3.63) is 59.3 Å². The van der Waals surface area contributed by atoms with Crippen molar-refractivity contribution in [3.63, 3.8) is 0 Å². The van der Waals surface area contributed by atoms with Crippen LogP contribution in [0.4, 0.5) is 8.78 Å². The smallest absolute Gasteiger partial charge is 0.336 e. The van der Waals surface area contributed by atoms with E-state index in [1.165, 1.54) is 18.2 Å². The first kappa shape index (κ1) is 18.5. The predicted molar refractivity (Wildman–Crippen MR) is 84.8 cm³/mol. The number of ether oxygens (including phenoxy) is 1. The van der Waals surface area contributed by atoms with E-state index < -0.39 is 12.4 Å². The van der Waals surface area contributed by atoms with Crippen LogP contribution in [0.15, 0.2) is 47.6 Å². The van der Waals surface area contributed by atoms with E-state index >= 15 is 0 Å². The molecule has 0 bridgehead atoms. The fourth-order valence-corrected chi connectivity index (χ4v) is 1.94. The number of aliphatic imine (C=N–C) groups is 1. The highest BCUT2D eigenvalue weighted by Crippen LogP contribution is 2.26. The Bertz CT molecular complexity index is 637. The van der Waals surface area contributed by atoms with Gasteiger partial charge < -0.3 is 9.84 Å².